The van der Waals surface area contributed by atoms with E-state index in [1.165, 1.54) is 17.5 Å². The summed E-state index contributed by atoms with van der Waals surface area (Å²) < 4.78 is 6.42. The molecule has 0 aromatic heterocycles. The molecule has 2 N–H and O–H groups in total. The van der Waals surface area contributed by atoms with Crippen LogP contribution in [0.3, 0.4) is 0 Å². The molecular weight excluding hydrogens is 234 g/mol. The Labute approximate surface area is 116 Å². The van der Waals surface area contributed by atoms with Gasteiger partial charge in [0.25, 0.3) is 0 Å². The van der Waals surface area contributed by atoms with Crippen LogP contribution in [-0.4, -0.2) is 5.60 Å². The molecule has 19 heavy (non-hydrogen) atoms. The molecule has 0 bridgehead atoms. The second-order valence-electron chi connectivity index (χ2n) is 6.83. The first kappa shape index (κ1) is 13.0. The number of aryl methyl sites for hydroxylation is 1. The monoisotopic (exact) mass is 259 g/mol. The van der Waals surface area contributed by atoms with Gasteiger partial charge in [-0.1, -0.05) is 31.5 Å². The molecule has 3 unspecified atom stereocenters. The molecular formula is C17H25NO. The molecule has 0 amide bonds. The van der Waals surface area contributed by atoms with Gasteiger partial charge in [-0.3, -0.25) is 0 Å². The van der Waals surface area contributed by atoms with Crippen LogP contribution in [-0.2, 0) is 0 Å². The van der Waals surface area contributed by atoms with Crippen molar-refractivity contribution in [1.82, 2.24) is 0 Å². The highest BCUT2D eigenvalue weighted by molar-refractivity contribution is 5.41. The first-order chi connectivity index (χ1) is 8.99. The van der Waals surface area contributed by atoms with Gasteiger partial charge < -0.3 is 10.5 Å². The molecule has 1 fully saturated rings. The van der Waals surface area contributed by atoms with E-state index < -0.39 is 0 Å². The van der Waals surface area contributed by atoms with E-state index in [1.807, 2.05) is 0 Å². The van der Waals surface area contributed by atoms with Crippen LogP contribution in [0, 0.1) is 18.8 Å². The Morgan fingerprint density at radius 3 is 2.74 bits per heavy atom. The molecule has 2 nitrogen and oxygen atoms in total. The van der Waals surface area contributed by atoms with Gasteiger partial charge in [0.15, 0.2) is 0 Å². The lowest BCUT2D eigenvalue weighted by Gasteiger charge is -2.47. The number of benzene rings is 1. The Balaban J connectivity index is 1.90. The summed E-state index contributed by atoms with van der Waals surface area (Å²) in [7, 11) is 0. The molecule has 1 heterocycles. The lowest BCUT2D eigenvalue weighted by molar-refractivity contribution is -0.0287. The summed E-state index contributed by atoms with van der Waals surface area (Å²) in [6.45, 7) is 6.82. The summed E-state index contributed by atoms with van der Waals surface area (Å²) in [5.41, 5.74) is 8.87. The quantitative estimate of drug-likeness (QED) is 0.765. The number of ether oxygens (including phenoxy) is 1. The van der Waals surface area contributed by atoms with Crippen molar-refractivity contribution in [2.75, 3.05) is 0 Å². The van der Waals surface area contributed by atoms with Gasteiger partial charge in [-0.15, -0.1) is 0 Å². The SMILES string of the molecule is Cc1ccc2c(c1)[C@@H](N)CC1(CCC(C)C(C)C1)O2. The van der Waals surface area contributed by atoms with Crippen molar-refractivity contribution in [3.8, 4) is 5.75 Å². The van der Waals surface area contributed by atoms with Crippen LogP contribution in [0.25, 0.3) is 0 Å². The van der Waals surface area contributed by atoms with Gasteiger partial charge in [0.2, 0.25) is 0 Å². The van der Waals surface area contributed by atoms with Crippen molar-refractivity contribution in [2.24, 2.45) is 17.6 Å². The van der Waals surface area contributed by atoms with Gasteiger partial charge in [-0.2, -0.15) is 0 Å². The fourth-order valence-corrected chi connectivity index (χ4v) is 3.78. The van der Waals surface area contributed by atoms with E-state index in [0.717, 1.165) is 36.8 Å². The van der Waals surface area contributed by atoms with E-state index in [0.29, 0.717) is 0 Å². The van der Waals surface area contributed by atoms with Gasteiger partial charge in [0.05, 0.1) is 0 Å². The number of fused-ring (bicyclic) bond motifs is 1. The molecule has 1 saturated carbocycles. The minimum atomic E-state index is -0.00635. The molecule has 1 aliphatic carbocycles. The highest BCUT2D eigenvalue weighted by Gasteiger charge is 2.44. The Morgan fingerprint density at radius 1 is 1.21 bits per heavy atom. The second-order valence-corrected chi connectivity index (χ2v) is 6.83. The Kier molecular flexibility index (Phi) is 3.09. The molecule has 0 radical (unpaired) electrons. The van der Waals surface area contributed by atoms with E-state index in [-0.39, 0.29) is 11.6 Å². The largest absolute Gasteiger partial charge is 0.487 e. The molecule has 0 saturated heterocycles. The summed E-state index contributed by atoms with van der Waals surface area (Å²) in [6, 6.07) is 6.54. The van der Waals surface area contributed by atoms with Gasteiger partial charge in [0, 0.05) is 18.0 Å². The Bertz CT molecular complexity index is 484. The van der Waals surface area contributed by atoms with Crippen LogP contribution in [0.5, 0.6) is 5.75 Å². The minimum Gasteiger partial charge on any atom is -0.487 e. The second kappa shape index (κ2) is 4.52. The average molecular weight is 259 g/mol. The fourth-order valence-electron chi connectivity index (χ4n) is 3.78. The number of hydrogen-bond donors (Lipinski definition) is 1. The molecule has 1 aliphatic heterocycles. The van der Waals surface area contributed by atoms with Crippen LogP contribution in [0.15, 0.2) is 18.2 Å². The summed E-state index contributed by atoms with van der Waals surface area (Å²) >= 11 is 0. The lowest BCUT2D eigenvalue weighted by atomic mass is 9.69. The summed E-state index contributed by atoms with van der Waals surface area (Å²) in [6.07, 6.45) is 4.53. The molecule has 2 aliphatic rings. The van der Waals surface area contributed by atoms with Crippen molar-refractivity contribution < 1.29 is 4.74 Å². The van der Waals surface area contributed by atoms with E-state index in [2.05, 4.69) is 39.0 Å². The smallest absolute Gasteiger partial charge is 0.124 e. The van der Waals surface area contributed by atoms with Gasteiger partial charge in [-0.25, -0.2) is 0 Å². The number of rotatable bonds is 0. The van der Waals surface area contributed by atoms with Crippen LogP contribution in [0.4, 0.5) is 0 Å². The van der Waals surface area contributed by atoms with E-state index >= 15 is 0 Å². The first-order valence-electron chi connectivity index (χ1n) is 7.54. The Morgan fingerprint density at radius 2 is 2.00 bits per heavy atom. The standard InChI is InChI=1S/C17H25NO/c1-11-4-5-16-14(8-11)15(18)10-17(19-16)7-6-12(2)13(3)9-17/h4-5,8,12-13,15H,6-7,9-10,18H2,1-3H3/t12?,13?,15-,17?/m0/s1. The topological polar surface area (TPSA) is 35.2 Å². The van der Waals surface area contributed by atoms with Gasteiger partial charge >= 0.3 is 0 Å². The maximum atomic E-state index is 6.42. The van der Waals surface area contributed by atoms with E-state index in [4.69, 9.17) is 10.5 Å². The zero-order valence-corrected chi connectivity index (χ0v) is 12.3. The van der Waals surface area contributed by atoms with Crippen LogP contribution in [0.1, 0.15) is 56.7 Å². The molecule has 104 valence electrons. The van der Waals surface area contributed by atoms with Gasteiger partial charge in [-0.05, 0) is 44.1 Å². The third-order valence-corrected chi connectivity index (χ3v) is 5.20. The lowest BCUT2D eigenvalue weighted by Crippen LogP contribution is -2.47. The zero-order valence-electron chi connectivity index (χ0n) is 12.3. The Hall–Kier alpha value is -1.02. The van der Waals surface area contributed by atoms with Crippen LogP contribution in [0.2, 0.25) is 0 Å². The maximum Gasteiger partial charge on any atom is 0.124 e. The fraction of sp³-hybridized carbons (Fsp3) is 0.647. The molecule has 1 aromatic carbocycles. The molecule has 4 atom stereocenters. The maximum absolute atomic E-state index is 6.42. The van der Waals surface area contributed by atoms with E-state index in [9.17, 15) is 0 Å². The average Bonchev–Trinajstić information content (AvgIpc) is 2.36. The third kappa shape index (κ3) is 2.27. The number of hydrogen-bond acceptors (Lipinski definition) is 2. The molecule has 2 heteroatoms. The highest BCUT2D eigenvalue weighted by atomic mass is 16.5. The predicted molar refractivity (Wildman–Crippen MR) is 78.3 cm³/mol. The molecule has 1 spiro atoms. The normalized spacial score (nSPS) is 37.8. The summed E-state index contributed by atoms with van der Waals surface area (Å²) in [5, 5.41) is 0. The third-order valence-electron chi connectivity index (χ3n) is 5.20. The van der Waals surface area contributed by atoms with Crippen molar-refractivity contribution in [1.29, 1.82) is 0 Å². The van der Waals surface area contributed by atoms with Crippen LogP contribution >= 0.6 is 0 Å². The summed E-state index contributed by atoms with van der Waals surface area (Å²) in [5.74, 6) is 2.56. The van der Waals surface area contributed by atoms with Gasteiger partial charge in [0.1, 0.15) is 11.4 Å². The molecule has 3 rings (SSSR count). The predicted octanol–water partition coefficient (Wildman–Crippen LogP) is 3.97. The van der Waals surface area contributed by atoms with Crippen molar-refractivity contribution in [3.05, 3.63) is 29.3 Å². The first-order valence-corrected chi connectivity index (χ1v) is 7.54. The molecule has 1 aromatic rings. The van der Waals surface area contributed by atoms with Crippen molar-refractivity contribution >= 4 is 0 Å². The summed E-state index contributed by atoms with van der Waals surface area (Å²) in [4.78, 5) is 0. The zero-order chi connectivity index (χ0) is 13.6. The van der Waals surface area contributed by atoms with Crippen LogP contribution < -0.4 is 10.5 Å². The van der Waals surface area contributed by atoms with Crippen molar-refractivity contribution in [2.45, 2.75) is 58.1 Å². The minimum absolute atomic E-state index is 0.00635. The van der Waals surface area contributed by atoms with E-state index in [1.54, 1.807) is 0 Å². The highest BCUT2D eigenvalue weighted by Crippen LogP contribution is 2.48. The number of nitrogens with two attached hydrogens (primary N) is 1. The van der Waals surface area contributed by atoms with Crippen molar-refractivity contribution in [3.63, 3.8) is 0 Å².